The fraction of sp³-hybridized carbons (Fsp3) is 0.383. The van der Waals surface area contributed by atoms with Gasteiger partial charge in [-0.1, -0.05) is 369 Å². The normalized spacial score (nSPS) is 13.2. The van der Waals surface area contributed by atoms with E-state index < -0.39 is 0 Å². The van der Waals surface area contributed by atoms with Crippen molar-refractivity contribution in [3.8, 4) is 90.1 Å². The Balaban J connectivity index is 1.01. The zero-order valence-corrected chi connectivity index (χ0v) is 60.2. The van der Waals surface area contributed by atoms with Crippen LogP contribution in [0.2, 0.25) is 0 Å². The van der Waals surface area contributed by atoms with Crippen LogP contribution in [0.25, 0.3) is 102 Å². The SMILES string of the molecule is CCCCCCCCC1(CCCCCCCC)c2cc(C)ccc2-c2ccc(-c3cc(-c4ccc5c(c4)C(CCCCCCCC)(CCCCCCCC)c4cc(-c6ccc(/C=C/c7ccc(C)cc7)cc6)ccc4-5)nc(-c4nc(-c5ccccc5)cc(-c5ccccc5)n4)n3)cc21. The maximum absolute atomic E-state index is 5.74. The molecule has 0 atom stereocenters. The standard InChI is InChI=1S/C94H108N4/c1-7-11-15-19-23-33-59-93(60-34-24-20-16-12-8-2)83-63-70(6)43-55-79(83)81-57-53-77(65-85(81)93)89-68-90(98-92(97-89)91-95-87(74-37-29-27-30-38-74)67-88(96-91)75-39-31-28-32-40-75)78-54-58-82-80-56-52-76(73-50-48-72(49-51-73)47-46-71-44-41-69(5)42-45-71)64-84(80)94(86(82)66-78,61-35-25-21-17-13-9-3)62-36-26-22-18-14-10-4/h27-32,37-58,63-68H,7-26,33-36,59-62H2,1-6H3/b47-46+. The quantitative estimate of drug-likeness (QED) is 0.0290. The van der Waals surface area contributed by atoms with Crippen molar-refractivity contribution < 1.29 is 0 Å². The maximum atomic E-state index is 5.74. The van der Waals surface area contributed by atoms with E-state index in [1.807, 2.05) is 0 Å². The van der Waals surface area contributed by atoms with Crippen LogP contribution in [0.3, 0.4) is 0 Å². The number of aryl methyl sites for hydroxylation is 2. The Hall–Kier alpha value is -8.34. The van der Waals surface area contributed by atoms with Crippen molar-refractivity contribution >= 4 is 12.2 Å². The van der Waals surface area contributed by atoms with Gasteiger partial charge in [0.05, 0.1) is 22.8 Å². The number of benzene rings is 8. The molecule has 98 heavy (non-hydrogen) atoms. The van der Waals surface area contributed by atoms with Gasteiger partial charge in [0.15, 0.2) is 11.6 Å². The zero-order valence-electron chi connectivity index (χ0n) is 60.2. The van der Waals surface area contributed by atoms with Crippen molar-refractivity contribution in [2.24, 2.45) is 0 Å². The van der Waals surface area contributed by atoms with Gasteiger partial charge in [0.1, 0.15) is 0 Å². The van der Waals surface area contributed by atoms with E-state index in [4.69, 9.17) is 19.9 Å². The van der Waals surface area contributed by atoms with Crippen molar-refractivity contribution in [3.63, 3.8) is 0 Å². The summed E-state index contributed by atoms with van der Waals surface area (Å²) in [7, 11) is 0. The Kier molecular flexibility index (Phi) is 24.1. The second-order valence-electron chi connectivity index (χ2n) is 29.1. The van der Waals surface area contributed by atoms with Crippen molar-refractivity contribution in [3.05, 3.63) is 239 Å². The summed E-state index contributed by atoms with van der Waals surface area (Å²) in [5.74, 6) is 1.06. The van der Waals surface area contributed by atoms with E-state index in [9.17, 15) is 0 Å². The number of hydrogen-bond acceptors (Lipinski definition) is 4. The van der Waals surface area contributed by atoms with Crippen LogP contribution in [0, 0.1) is 13.8 Å². The molecule has 0 amide bonds. The molecule has 0 spiro atoms. The van der Waals surface area contributed by atoms with Crippen LogP contribution in [-0.2, 0) is 10.8 Å². The molecule has 0 saturated heterocycles. The molecule has 0 saturated carbocycles. The van der Waals surface area contributed by atoms with Gasteiger partial charge < -0.3 is 0 Å². The lowest BCUT2D eigenvalue weighted by Crippen LogP contribution is -2.26. The molecule has 2 aliphatic rings. The highest BCUT2D eigenvalue weighted by molar-refractivity contribution is 5.88. The van der Waals surface area contributed by atoms with Gasteiger partial charge >= 0.3 is 0 Å². The number of fused-ring (bicyclic) bond motifs is 6. The molecule has 504 valence electrons. The van der Waals surface area contributed by atoms with Crippen molar-refractivity contribution in [1.82, 2.24) is 19.9 Å². The average Bonchev–Trinajstić information content (AvgIpc) is 1.56. The fourth-order valence-corrected chi connectivity index (χ4v) is 16.3. The van der Waals surface area contributed by atoms with Gasteiger partial charge in [-0.15, -0.1) is 0 Å². The lowest BCUT2D eigenvalue weighted by molar-refractivity contribution is 0.398. The van der Waals surface area contributed by atoms with Crippen LogP contribution in [0.15, 0.2) is 194 Å². The Morgan fingerprint density at radius 3 is 0.939 bits per heavy atom. The van der Waals surface area contributed by atoms with E-state index in [-0.39, 0.29) is 10.8 Å². The monoisotopic (exact) mass is 1290 g/mol. The van der Waals surface area contributed by atoms with E-state index in [0.29, 0.717) is 11.6 Å². The Labute approximate surface area is 589 Å². The summed E-state index contributed by atoms with van der Waals surface area (Å²) in [5.41, 5.74) is 26.6. The van der Waals surface area contributed by atoms with Crippen molar-refractivity contribution in [2.75, 3.05) is 0 Å². The molecule has 0 aliphatic heterocycles. The summed E-state index contributed by atoms with van der Waals surface area (Å²) >= 11 is 0. The zero-order chi connectivity index (χ0) is 67.5. The molecular weight excluding hydrogens is 1190 g/mol. The van der Waals surface area contributed by atoms with Crippen LogP contribution in [0.5, 0.6) is 0 Å². The Morgan fingerprint density at radius 1 is 0.255 bits per heavy atom. The molecule has 2 aliphatic carbocycles. The molecule has 0 N–H and O–H groups in total. The van der Waals surface area contributed by atoms with Gasteiger partial charge in [-0.05, 0) is 137 Å². The number of hydrogen-bond donors (Lipinski definition) is 0. The second-order valence-corrected chi connectivity index (χ2v) is 29.1. The van der Waals surface area contributed by atoms with Gasteiger partial charge in [-0.2, -0.15) is 0 Å². The fourth-order valence-electron chi connectivity index (χ4n) is 16.3. The van der Waals surface area contributed by atoms with E-state index in [1.165, 1.54) is 232 Å². The Morgan fingerprint density at radius 2 is 0.551 bits per heavy atom. The number of rotatable bonds is 36. The van der Waals surface area contributed by atoms with Gasteiger partial charge in [-0.3, -0.25) is 0 Å². The summed E-state index contributed by atoms with van der Waals surface area (Å²) in [6, 6.07) is 73.1. The molecule has 0 unspecified atom stereocenters. The minimum absolute atomic E-state index is 0.0918. The third-order valence-corrected chi connectivity index (χ3v) is 21.9. The number of aromatic nitrogens is 4. The first-order chi connectivity index (χ1) is 48.2. The molecular formula is C94H108N4. The molecule has 12 rings (SSSR count). The molecule has 0 fully saturated rings. The van der Waals surface area contributed by atoms with Crippen molar-refractivity contribution in [2.45, 2.75) is 232 Å². The van der Waals surface area contributed by atoms with Gasteiger partial charge in [0, 0.05) is 33.1 Å². The summed E-state index contributed by atoms with van der Waals surface area (Å²) in [6.45, 7) is 13.8. The number of nitrogens with zero attached hydrogens (tertiary/aromatic N) is 4. The highest BCUT2D eigenvalue weighted by atomic mass is 15.0. The smallest absolute Gasteiger partial charge is 0.198 e. The van der Waals surface area contributed by atoms with Crippen molar-refractivity contribution in [1.29, 1.82) is 0 Å². The highest BCUT2D eigenvalue weighted by Gasteiger charge is 2.44. The molecule has 4 nitrogen and oxygen atoms in total. The summed E-state index contributed by atoms with van der Waals surface area (Å²) in [5, 5.41) is 0. The summed E-state index contributed by atoms with van der Waals surface area (Å²) in [4.78, 5) is 22.4. The summed E-state index contributed by atoms with van der Waals surface area (Å²) < 4.78 is 0. The molecule has 2 heterocycles. The van der Waals surface area contributed by atoms with E-state index >= 15 is 0 Å². The molecule has 10 aromatic rings. The van der Waals surface area contributed by atoms with Gasteiger partial charge in [0.2, 0.25) is 0 Å². The third-order valence-electron chi connectivity index (χ3n) is 21.9. The lowest BCUT2D eigenvalue weighted by atomic mass is 9.70. The van der Waals surface area contributed by atoms with Gasteiger partial charge in [0.25, 0.3) is 0 Å². The van der Waals surface area contributed by atoms with E-state index in [1.54, 1.807) is 0 Å². The first-order valence-corrected chi connectivity index (χ1v) is 38.5. The topological polar surface area (TPSA) is 51.6 Å². The van der Waals surface area contributed by atoms with E-state index in [2.05, 4.69) is 248 Å². The van der Waals surface area contributed by atoms with Crippen LogP contribution < -0.4 is 0 Å². The van der Waals surface area contributed by atoms with E-state index in [0.717, 1.165) is 70.7 Å². The lowest BCUT2D eigenvalue weighted by Gasteiger charge is -2.33. The van der Waals surface area contributed by atoms with Crippen LogP contribution in [-0.4, -0.2) is 19.9 Å². The Bertz CT molecular complexity index is 4140. The molecule has 4 heteroatoms. The third kappa shape index (κ3) is 16.3. The van der Waals surface area contributed by atoms with Crippen LogP contribution in [0.4, 0.5) is 0 Å². The first-order valence-electron chi connectivity index (χ1n) is 38.5. The predicted octanol–water partition coefficient (Wildman–Crippen LogP) is 27.6. The highest BCUT2D eigenvalue weighted by Crippen LogP contribution is 2.58. The minimum atomic E-state index is -0.179. The largest absolute Gasteiger partial charge is 0.225 e. The first kappa shape index (κ1) is 69.6. The molecule has 2 aromatic heterocycles. The summed E-state index contributed by atoms with van der Waals surface area (Å²) in [6.07, 6.45) is 39.6. The predicted molar refractivity (Wildman–Crippen MR) is 419 cm³/mol. The average molecular weight is 1290 g/mol. The molecule has 0 radical (unpaired) electrons. The van der Waals surface area contributed by atoms with Crippen LogP contribution >= 0.6 is 0 Å². The minimum Gasteiger partial charge on any atom is -0.225 e. The maximum Gasteiger partial charge on any atom is 0.198 e. The number of unbranched alkanes of at least 4 members (excludes halogenated alkanes) is 20. The molecule has 8 aromatic carbocycles. The second kappa shape index (κ2) is 33.9. The molecule has 0 bridgehead atoms. The van der Waals surface area contributed by atoms with Gasteiger partial charge in [-0.25, -0.2) is 19.9 Å². The van der Waals surface area contributed by atoms with Crippen LogP contribution in [0.1, 0.15) is 252 Å².